The topological polar surface area (TPSA) is 64.3 Å². The molecule has 21 heavy (non-hydrogen) atoms. The predicted molar refractivity (Wildman–Crippen MR) is 86.6 cm³/mol. The molecule has 1 amide bonds. The third-order valence-corrected chi connectivity index (χ3v) is 3.21. The number of carbonyl (C=O) groups is 1. The van der Waals surface area contributed by atoms with Crippen LogP contribution < -0.4 is 15.8 Å². The van der Waals surface area contributed by atoms with Crippen LogP contribution in [-0.2, 0) is 0 Å². The molecule has 0 aliphatic rings. The first-order valence-corrected chi connectivity index (χ1v) is 7.80. The largest absolute Gasteiger partial charge is 0.493 e. The van der Waals surface area contributed by atoms with E-state index in [1.807, 2.05) is 12.1 Å². The fourth-order valence-electron chi connectivity index (χ4n) is 1.96. The zero-order valence-corrected chi connectivity index (χ0v) is 13.4. The molecule has 0 bridgehead atoms. The summed E-state index contributed by atoms with van der Waals surface area (Å²) in [5.41, 5.74) is 6.33. The fraction of sp³-hybridized carbons (Fsp3) is 0.588. The van der Waals surface area contributed by atoms with E-state index >= 15 is 0 Å². The molecule has 4 heteroatoms. The van der Waals surface area contributed by atoms with Crippen LogP contribution in [0.2, 0.25) is 0 Å². The zero-order valence-electron chi connectivity index (χ0n) is 13.4. The second kappa shape index (κ2) is 9.40. The van der Waals surface area contributed by atoms with Crippen LogP contribution in [0.15, 0.2) is 24.3 Å². The van der Waals surface area contributed by atoms with E-state index in [0.717, 1.165) is 25.0 Å². The summed E-state index contributed by atoms with van der Waals surface area (Å²) in [4.78, 5) is 12.2. The Balaban J connectivity index is 2.62. The van der Waals surface area contributed by atoms with Gasteiger partial charge in [0.05, 0.1) is 6.61 Å². The molecule has 3 N–H and O–H groups in total. The Morgan fingerprint density at radius 1 is 1.38 bits per heavy atom. The molecule has 0 saturated heterocycles. The van der Waals surface area contributed by atoms with Gasteiger partial charge in [-0.2, -0.15) is 0 Å². The second-order valence-electron chi connectivity index (χ2n) is 5.78. The van der Waals surface area contributed by atoms with Crippen LogP contribution in [0.25, 0.3) is 0 Å². The number of nitrogens with one attached hydrogen (secondary N) is 1. The molecule has 0 aliphatic heterocycles. The molecule has 1 rings (SSSR count). The van der Waals surface area contributed by atoms with Gasteiger partial charge in [-0.3, -0.25) is 4.79 Å². The average Bonchev–Trinajstić information content (AvgIpc) is 2.49. The monoisotopic (exact) mass is 292 g/mol. The molecule has 4 nitrogen and oxygen atoms in total. The van der Waals surface area contributed by atoms with Gasteiger partial charge >= 0.3 is 0 Å². The minimum Gasteiger partial charge on any atom is -0.493 e. The second-order valence-corrected chi connectivity index (χ2v) is 5.78. The van der Waals surface area contributed by atoms with Gasteiger partial charge in [0.2, 0.25) is 0 Å². The van der Waals surface area contributed by atoms with Crippen molar-refractivity contribution >= 4 is 5.91 Å². The van der Waals surface area contributed by atoms with E-state index < -0.39 is 0 Å². The Morgan fingerprint density at radius 3 is 2.76 bits per heavy atom. The number of hydrogen-bond donors (Lipinski definition) is 2. The van der Waals surface area contributed by atoms with Crippen molar-refractivity contribution in [2.24, 2.45) is 11.7 Å². The molecule has 0 heterocycles. The summed E-state index contributed by atoms with van der Waals surface area (Å²) in [6.07, 6.45) is 3.09. The molecule has 1 unspecified atom stereocenters. The lowest BCUT2D eigenvalue weighted by molar-refractivity contribution is 0.0935. The molecular formula is C17H28N2O2. The zero-order chi connectivity index (χ0) is 15.7. The summed E-state index contributed by atoms with van der Waals surface area (Å²) >= 11 is 0. The number of ether oxygens (including phenoxy) is 1. The third-order valence-electron chi connectivity index (χ3n) is 3.21. The van der Waals surface area contributed by atoms with Crippen LogP contribution in [-0.4, -0.2) is 25.1 Å². The van der Waals surface area contributed by atoms with Gasteiger partial charge < -0.3 is 15.8 Å². The number of nitrogens with two attached hydrogens (primary N) is 1. The number of hydrogen-bond acceptors (Lipinski definition) is 3. The Hall–Kier alpha value is -1.55. The molecule has 1 aromatic carbocycles. The van der Waals surface area contributed by atoms with E-state index in [2.05, 4.69) is 26.1 Å². The predicted octanol–water partition coefficient (Wildman–Crippen LogP) is 2.97. The third kappa shape index (κ3) is 6.63. The highest BCUT2D eigenvalue weighted by Crippen LogP contribution is 2.14. The standard InChI is InChI=1S/C17H28N2O2/c1-4-5-8-15(11-18)19-17(20)14-7-6-9-16(10-14)21-12-13(2)3/h6-7,9-10,13,15H,4-5,8,11-12,18H2,1-3H3,(H,19,20). The summed E-state index contributed by atoms with van der Waals surface area (Å²) in [5.74, 6) is 1.10. The lowest BCUT2D eigenvalue weighted by Gasteiger charge is -2.17. The van der Waals surface area contributed by atoms with Crippen LogP contribution in [0.1, 0.15) is 50.4 Å². The van der Waals surface area contributed by atoms with Crippen molar-refractivity contribution in [2.75, 3.05) is 13.2 Å². The Kier molecular flexibility index (Phi) is 7.83. The number of benzene rings is 1. The van der Waals surface area contributed by atoms with Crippen molar-refractivity contribution in [1.82, 2.24) is 5.32 Å². The number of amides is 1. The first-order valence-electron chi connectivity index (χ1n) is 7.80. The maximum Gasteiger partial charge on any atom is 0.251 e. The van der Waals surface area contributed by atoms with Gasteiger partial charge in [-0.05, 0) is 30.5 Å². The van der Waals surface area contributed by atoms with Crippen LogP contribution >= 0.6 is 0 Å². The molecule has 0 saturated carbocycles. The molecule has 0 radical (unpaired) electrons. The summed E-state index contributed by atoms with van der Waals surface area (Å²) in [7, 11) is 0. The van der Waals surface area contributed by atoms with Crippen LogP contribution in [0, 0.1) is 5.92 Å². The first kappa shape index (κ1) is 17.5. The number of carbonyl (C=O) groups excluding carboxylic acids is 1. The summed E-state index contributed by atoms with van der Waals surface area (Å²) < 4.78 is 5.65. The summed E-state index contributed by atoms with van der Waals surface area (Å²) in [6.45, 7) is 7.43. The van der Waals surface area contributed by atoms with Gasteiger partial charge in [-0.1, -0.05) is 39.7 Å². The molecule has 0 fully saturated rings. The quantitative estimate of drug-likeness (QED) is 0.735. The van der Waals surface area contributed by atoms with E-state index in [1.54, 1.807) is 12.1 Å². The van der Waals surface area contributed by atoms with E-state index in [-0.39, 0.29) is 11.9 Å². The highest BCUT2D eigenvalue weighted by atomic mass is 16.5. The van der Waals surface area contributed by atoms with Gasteiger partial charge in [-0.25, -0.2) is 0 Å². The van der Waals surface area contributed by atoms with Crippen LogP contribution in [0.4, 0.5) is 0 Å². The van der Waals surface area contributed by atoms with Gasteiger partial charge in [0.25, 0.3) is 5.91 Å². The van der Waals surface area contributed by atoms with E-state index in [0.29, 0.717) is 24.6 Å². The molecule has 0 aromatic heterocycles. The highest BCUT2D eigenvalue weighted by Gasteiger charge is 2.12. The van der Waals surface area contributed by atoms with Crippen molar-refractivity contribution in [2.45, 2.75) is 46.1 Å². The normalized spacial score (nSPS) is 12.2. The smallest absolute Gasteiger partial charge is 0.251 e. The molecule has 1 atom stereocenters. The van der Waals surface area contributed by atoms with Crippen molar-refractivity contribution in [1.29, 1.82) is 0 Å². The van der Waals surface area contributed by atoms with E-state index in [4.69, 9.17) is 10.5 Å². The van der Waals surface area contributed by atoms with E-state index in [9.17, 15) is 4.79 Å². The average molecular weight is 292 g/mol. The number of rotatable bonds is 9. The van der Waals surface area contributed by atoms with Gasteiger partial charge in [0.1, 0.15) is 5.75 Å². The molecule has 0 aliphatic carbocycles. The van der Waals surface area contributed by atoms with Crippen molar-refractivity contribution in [3.63, 3.8) is 0 Å². The van der Waals surface area contributed by atoms with Crippen LogP contribution in [0.3, 0.4) is 0 Å². The fourth-order valence-corrected chi connectivity index (χ4v) is 1.96. The molecule has 118 valence electrons. The molecule has 0 spiro atoms. The minimum absolute atomic E-state index is 0.0395. The first-order chi connectivity index (χ1) is 10.1. The maximum absolute atomic E-state index is 12.2. The molecular weight excluding hydrogens is 264 g/mol. The lowest BCUT2D eigenvalue weighted by Crippen LogP contribution is -2.40. The van der Waals surface area contributed by atoms with Gasteiger partial charge in [-0.15, -0.1) is 0 Å². The lowest BCUT2D eigenvalue weighted by atomic mass is 10.1. The Labute approximate surface area is 128 Å². The van der Waals surface area contributed by atoms with E-state index in [1.165, 1.54) is 0 Å². The van der Waals surface area contributed by atoms with Crippen molar-refractivity contribution in [3.05, 3.63) is 29.8 Å². The highest BCUT2D eigenvalue weighted by molar-refractivity contribution is 5.94. The molecule has 1 aromatic rings. The minimum atomic E-state index is -0.0865. The van der Waals surface area contributed by atoms with Gasteiger partial charge in [0.15, 0.2) is 0 Å². The van der Waals surface area contributed by atoms with Gasteiger partial charge in [0, 0.05) is 18.2 Å². The van der Waals surface area contributed by atoms with Crippen molar-refractivity contribution < 1.29 is 9.53 Å². The number of unbranched alkanes of at least 4 members (excludes halogenated alkanes) is 1. The maximum atomic E-state index is 12.2. The SMILES string of the molecule is CCCCC(CN)NC(=O)c1cccc(OCC(C)C)c1. The van der Waals surface area contributed by atoms with Crippen molar-refractivity contribution in [3.8, 4) is 5.75 Å². The van der Waals surface area contributed by atoms with Crippen LogP contribution in [0.5, 0.6) is 5.75 Å². The Morgan fingerprint density at radius 2 is 2.14 bits per heavy atom. The summed E-state index contributed by atoms with van der Waals surface area (Å²) in [5, 5.41) is 2.99. The Bertz CT molecular complexity index is 433. The summed E-state index contributed by atoms with van der Waals surface area (Å²) in [6, 6.07) is 7.33.